The van der Waals surface area contributed by atoms with Crippen LogP contribution in [0.25, 0.3) is 0 Å². The summed E-state index contributed by atoms with van der Waals surface area (Å²) >= 11 is 0. The van der Waals surface area contributed by atoms with Gasteiger partial charge in [0.2, 0.25) is 0 Å². The Hall–Kier alpha value is -0.0862. The Morgan fingerprint density at radius 3 is 1.69 bits per heavy atom. The predicted molar refractivity (Wildman–Crippen MR) is 83.3 cm³/mol. The minimum absolute atomic E-state index is 0.904. The molecule has 0 aromatic rings. The van der Waals surface area contributed by atoms with Crippen LogP contribution in [0.15, 0.2) is 24.6 Å². The molecule has 0 aliphatic carbocycles. The molecular weight excluding hydrogens is 224 g/mol. The van der Waals surface area contributed by atoms with Crippen molar-refractivity contribution < 1.29 is 0 Å². The lowest BCUT2D eigenvalue weighted by molar-refractivity contribution is 0.677. The summed E-state index contributed by atoms with van der Waals surface area (Å²) in [7, 11) is -2.52. The zero-order valence-corrected chi connectivity index (χ0v) is 14.0. The van der Waals surface area contributed by atoms with Crippen molar-refractivity contribution in [2.45, 2.75) is 64.0 Å². The molecule has 0 fully saturated rings. The maximum atomic E-state index is 4.08. The molecule has 0 N–H and O–H groups in total. The van der Waals surface area contributed by atoms with E-state index >= 15 is 0 Å². The van der Waals surface area contributed by atoms with Crippen molar-refractivity contribution >= 4 is 16.1 Å². The molecule has 0 nitrogen and oxygen atoms in total. The van der Waals surface area contributed by atoms with Crippen LogP contribution in [0.4, 0.5) is 0 Å². The third kappa shape index (κ3) is 4.42. The van der Waals surface area contributed by atoms with Crippen LogP contribution in [0.2, 0.25) is 31.4 Å². The first kappa shape index (κ1) is 15.9. The van der Waals surface area contributed by atoms with Gasteiger partial charge in [0.25, 0.3) is 0 Å². The van der Waals surface area contributed by atoms with E-state index in [1.807, 2.05) is 0 Å². The monoisotopic (exact) mass is 254 g/mol. The predicted octanol–water partition coefficient (Wildman–Crippen LogP) is 5.34. The second-order valence-corrected chi connectivity index (χ2v) is 16.2. The number of unbranched alkanes of at least 4 members (excludes halogenated alkanes) is 2. The summed E-state index contributed by atoms with van der Waals surface area (Å²) in [5.41, 5.74) is 4.56. The molecule has 0 aliphatic rings. The lowest BCUT2D eigenvalue weighted by Crippen LogP contribution is -2.45. The molecule has 0 heterocycles. The summed E-state index contributed by atoms with van der Waals surface area (Å²) in [6.45, 7) is 20.3. The van der Waals surface area contributed by atoms with E-state index in [-0.39, 0.29) is 0 Å². The summed E-state index contributed by atoms with van der Waals surface area (Å²) in [5.74, 6) is 0. The first-order valence-corrected chi connectivity index (χ1v) is 12.9. The fourth-order valence-electron chi connectivity index (χ4n) is 2.59. The first-order valence-electron chi connectivity index (χ1n) is 6.59. The van der Waals surface area contributed by atoms with Gasteiger partial charge >= 0.3 is 0 Å². The van der Waals surface area contributed by atoms with Crippen molar-refractivity contribution in [3.8, 4) is 0 Å². The topological polar surface area (TPSA) is 0 Å². The van der Waals surface area contributed by atoms with Crippen LogP contribution in [-0.4, -0.2) is 16.1 Å². The van der Waals surface area contributed by atoms with E-state index in [9.17, 15) is 0 Å². The van der Waals surface area contributed by atoms with Gasteiger partial charge < -0.3 is 0 Å². The van der Waals surface area contributed by atoms with E-state index in [0.29, 0.717) is 0 Å². The van der Waals surface area contributed by atoms with Crippen LogP contribution < -0.4 is 0 Å². The summed E-state index contributed by atoms with van der Waals surface area (Å²) in [4.78, 5) is 0. The number of rotatable bonds is 8. The van der Waals surface area contributed by atoms with Crippen LogP contribution in [0.3, 0.4) is 0 Å². The molecule has 0 rings (SSSR count). The van der Waals surface area contributed by atoms with E-state index in [1.54, 1.807) is 0 Å². The molecule has 0 aromatic carbocycles. The summed E-state index contributed by atoms with van der Waals surface area (Å²) in [6.07, 6.45) is 5.47. The molecule has 0 radical (unpaired) electrons. The summed E-state index contributed by atoms with van der Waals surface area (Å²) in [5, 5.41) is 0.904. The Kier molecular flexibility index (Phi) is 6.57. The Labute approximate surface area is 105 Å². The van der Waals surface area contributed by atoms with Gasteiger partial charge in [0.15, 0.2) is 0 Å². The molecule has 2 heteroatoms. The molecule has 0 unspecified atom stereocenters. The normalized spacial score (nSPS) is 12.9. The highest BCUT2D eigenvalue weighted by atomic mass is 28.4. The van der Waals surface area contributed by atoms with Crippen molar-refractivity contribution in [2.75, 3.05) is 0 Å². The van der Waals surface area contributed by atoms with Crippen LogP contribution in [-0.2, 0) is 0 Å². The largest absolute Gasteiger partial charge is 0.107 e. The molecular formula is C14H30Si2. The Balaban J connectivity index is 4.77. The zero-order chi connectivity index (χ0) is 12.8. The van der Waals surface area contributed by atoms with Gasteiger partial charge in [-0.1, -0.05) is 58.8 Å². The van der Waals surface area contributed by atoms with Crippen molar-refractivity contribution in [2.24, 2.45) is 0 Å². The fraction of sp³-hybridized carbons (Fsp3) is 0.714. The highest BCUT2D eigenvalue weighted by Gasteiger charge is 2.39. The molecule has 0 aromatic heterocycles. The quantitative estimate of drug-likeness (QED) is 0.405. The van der Waals surface area contributed by atoms with Gasteiger partial charge in [-0.3, -0.25) is 0 Å². The smallest absolute Gasteiger partial charge is 0.0717 e. The average Bonchev–Trinajstić information content (AvgIpc) is 2.23. The number of hydrogen-bond donors (Lipinski definition) is 0. The second kappa shape index (κ2) is 6.60. The van der Waals surface area contributed by atoms with Gasteiger partial charge in [0.05, 0.1) is 16.1 Å². The van der Waals surface area contributed by atoms with E-state index in [2.05, 4.69) is 57.7 Å². The molecule has 0 spiro atoms. The molecule has 0 bridgehead atoms. The molecule has 94 valence electrons. The minimum Gasteiger partial charge on any atom is -0.107 e. The second-order valence-electron chi connectivity index (χ2n) is 6.10. The molecule has 16 heavy (non-hydrogen) atoms. The lowest BCUT2D eigenvalue weighted by Gasteiger charge is -2.39. The molecule has 0 saturated heterocycles. The molecule has 0 amide bonds. The van der Waals surface area contributed by atoms with E-state index in [1.165, 1.54) is 25.7 Å². The highest BCUT2D eigenvalue weighted by molar-refractivity contribution is 7.01. The van der Waals surface area contributed by atoms with Gasteiger partial charge in [0, 0.05) is 0 Å². The van der Waals surface area contributed by atoms with Crippen LogP contribution in [0.1, 0.15) is 32.6 Å². The van der Waals surface area contributed by atoms with Crippen molar-refractivity contribution in [3.63, 3.8) is 0 Å². The average molecular weight is 255 g/mol. The van der Waals surface area contributed by atoms with Crippen LogP contribution >= 0.6 is 0 Å². The lowest BCUT2D eigenvalue weighted by atomic mass is 10.2. The fourth-order valence-corrected chi connectivity index (χ4v) is 13.4. The summed E-state index contributed by atoms with van der Waals surface area (Å²) in [6, 6.07) is 0. The Bertz CT molecular complexity index is 209. The third-order valence-corrected chi connectivity index (χ3v) is 14.7. The van der Waals surface area contributed by atoms with E-state index in [4.69, 9.17) is 0 Å². The highest BCUT2D eigenvalue weighted by Crippen LogP contribution is 2.37. The van der Waals surface area contributed by atoms with Crippen molar-refractivity contribution in [1.29, 1.82) is 0 Å². The van der Waals surface area contributed by atoms with Gasteiger partial charge in [-0.25, -0.2) is 0 Å². The van der Waals surface area contributed by atoms with Gasteiger partial charge in [-0.15, -0.1) is 24.6 Å². The molecule has 0 aliphatic heterocycles. The van der Waals surface area contributed by atoms with Gasteiger partial charge in [-0.05, 0) is 5.16 Å². The molecule has 0 atom stereocenters. The van der Waals surface area contributed by atoms with E-state index in [0.717, 1.165) is 5.16 Å². The first-order chi connectivity index (χ1) is 7.31. The summed E-state index contributed by atoms with van der Waals surface area (Å²) < 4.78 is 0. The van der Waals surface area contributed by atoms with Crippen molar-refractivity contribution in [3.05, 3.63) is 24.6 Å². The van der Waals surface area contributed by atoms with Crippen LogP contribution in [0, 0.1) is 0 Å². The Morgan fingerprint density at radius 1 is 0.938 bits per heavy atom. The van der Waals surface area contributed by atoms with E-state index < -0.39 is 16.1 Å². The van der Waals surface area contributed by atoms with Gasteiger partial charge in [0.1, 0.15) is 0 Å². The minimum atomic E-state index is -1.26. The van der Waals surface area contributed by atoms with Crippen LogP contribution in [0.5, 0.6) is 0 Å². The SMILES string of the molecule is C=C[Si](C)(C)C(CCCCC)[Si](C)(C)C=C. The van der Waals surface area contributed by atoms with Crippen molar-refractivity contribution in [1.82, 2.24) is 0 Å². The standard InChI is InChI=1S/C14H30Si2/c1-8-11-12-13-14(15(4,5)9-2)16(6,7)10-3/h9-10,14H,2-3,8,11-13H2,1,4-7H3. The maximum Gasteiger partial charge on any atom is 0.0717 e. The van der Waals surface area contributed by atoms with Gasteiger partial charge in [-0.2, -0.15) is 0 Å². The maximum absolute atomic E-state index is 4.08. The Morgan fingerprint density at radius 2 is 1.38 bits per heavy atom. The molecule has 0 saturated carbocycles. The zero-order valence-electron chi connectivity index (χ0n) is 12.0. The third-order valence-electron chi connectivity index (χ3n) is 3.94. The number of hydrogen-bond acceptors (Lipinski definition) is 0.